The van der Waals surface area contributed by atoms with Gasteiger partial charge in [-0.2, -0.15) is 4.98 Å². The fraction of sp³-hybridized carbons (Fsp3) is 0.353. The number of rotatable bonds is 3. The summed E-state index contributed by atoms with van der Waals surface area (Å²) in [6, 6.07) is 6.15. The van der Waals surface area contributed by atoms with Crippen LogP contribution in [0, 0.1) is 5.82 Å². The minimum absolute atomic E-state index is 0.304. The first-order valence-electron chi connectivity index (χ1n) is 8.26. The Hall–Kier alpha value is -2.90. The monoisotopic (exact) mass is 343 g/mol. The summed E-state index contributed by atoms with van der Waals surface area (Å²) in [7, 11) is 1.63. The average molecular weight is 343 g/mol. The summed E-state index contributed by atoms with van der Waals surface area (Å²) >= 11 is 0. The van der Waals surface area contributed by atoms with Crippen LogP contribution in [0.3, 0.4) is 0 Å². The highest BCUT2D eigenvalue weighted by Gasteiger charge is 2.28. The molecule has 0 saturated heterocycles. The van der Waals surface area contributed by atoms with Crippen LogP contribution < -0.4 is 16.1 Å². The van der Waals surface area contributed by atoms with Crippen molar-refractivity contribution in [1.82, 2.24) is 18.7 Å². The van der Waals surface area contributed by atoms with Gasteiger partial charge in [0.1, 0.15) is 5.82 Å². The normalized spacial score (nSPS) is 13.6. The van der Waals surface area contributed by atoms with Gasteiger partial charge < -0.3 is 9.47 Å². The van der Waals surface area contributed by atoms with Crippen molar-refractivity contribution in [2.24, 2.45) is 7.05 Å². The molecular formula is C17H18FN5O2. The van der Waals surface area contributed by atoms with Crippen molar-refractivity contribution in [2.45, 2.75) is 26.4 Å². The second kappa shape index (κ2) is 5.58. The van der Waals surface area contributed by atoms with Crippen LogP contribution in [0.4, 0.5) is 16.0 Å². The van der Waals surface area contributed by atoms with Crippen LogP contribution in [0.2, 0.25) is 0 Å². The Balaban J connectivity index is 1.95. The van der Waals surface area contributed by atoms with Crippen LogP contribution in [-0.2, 0) is 20.1 Å². The molecule has 0 fully saturated rings. The van der Waals surface area contributed by atoms with E-state index in [1.165, 1.54) is 21.3 Å². The molecule has 0 amide bonds. The maximum Gasteiger partial charge on any atom is 0.332 e. The molecule has 130 valence electrons. The smallest absolute Gasteiger partial charge is 0.310 e. The molecule has 1 aliphatic rings. The lowest BCUT2D eigenvalue weighted by molar-refractivity contribution is 0.590. The van der Waals surface area contributed by atoms with Crippen molar-refractivity contribution < 1.29 is 4.39 Å². The zero-order chi connectivity index (χ0) is 17.7. The molecule has 25 heavy (non-hydrogen) atoms. The number of halogens is 1. The first-order chi connectivity index (χ1) is 12.0. The fourth-order valence-corrected chi connectivity index (χ4v) is 3.36. The predicted octanol–water partition coefficient (Wildman–Crippen LogP) is 1.60. The molecule has 0 unspecified atom stereocenters. The topological polar surface area (TPSA) is 65.1 Å². The SMILES string of the molecule is CCCn1c(=O)c2c(nc3n2CCN3c2ccc(F)cc2)n(C)c1=O. The van der Waals surface area contributed by atoms with E-state index in [-0.39, 0.29) is 17.1 Å². The van der Waals surface area contributed by atoms with Gasteiger partial charge in [0.15, 0.2) is 11.2 Å². The van der Waals surface area contributed by atoms with E-state index in [1.807, 2.05) is 16.4 Å². The van der Waals surface area contributed by atoms with Gasteiger partial charge in [-0.15, -0.1) is 0 Å². The molecule has 0 bridgehead atoms. The number of imidazole rings is 1. The largest absolute Gasteiger partial charge is 0.332 e. The maximum absolute atomic E-state index is 13.2. The standard InChI is InChI=1S/C17H18FN5O2/c1-3-8-23-15(24)13-14(20(2)17(23)25)19-16-21(9-10-22(13)16)12-6-4-11(18)5-7-12/h4-7H,3,8-10H2,1-2H3. The Morgan fingerprint density at radius 3 is 2.56 bits per heavy atom. The minimum atomic E-state index is -0.357. The van der Waals surface area contributed by atoms with Crippen LogP contribution in [-0.4, -0.2) is 25.2 Å². The van der Waals surface area contributed by atoms with E-state index in [0.29, 0.717) is 43.2 Å². The van der Waals surface area contributed by atoms with E-state index >= 15 is 0 Å². The van der Waals surface area contributed by atoms with Crippen LogP contribution in [0.5, 0.6) is 0 Å². The summed E-state index contributed by atoms with van der Waals surface area (Å²) < 4.78 is 17.7. The van der Waals surface area contributed by atoms with Gasteiger partial charge in [0, 0.05) is 32.4 Å². The molecule has 0 N–H and O–H groups in total. The minimum Gasteiger partial charge on any atom is -0.310 e. The van der Waals surface area contributed by atoms with Gasteiger partial charge in [0.05, 0.1) is 0 Å². The van der Waals surface area contributed by atoms with E-state index in [0.717, 1.165) is 5.69 Å². The molecule has 0 aliphatic carbocycles. The molecule has 4 rings (SSSR count). The number of aromatic nitrogens is 4. The van der Waals surface area contributed by atoms with Gasteiger partial charge in [0.25, 0.3) is 5.56 Å². The van der Waals surface area contributed by atoms with Crippen molar-refractivity contribution in [3.63, 3.8) is 0 Å². The quantitative estimate of drug-likeness (QED) is 0.725. The van der Waals surface area contributed by atoms with E-state index in [2.05, 4.69) is 4.98 Å². The Bertz CT molecular complexity index is 1080. The summed E-state index contributed by atoms with van der Waals surface area (Å²) in [4.78, 5) is 31.7. The first kappa shape index (κ1) is 15.6. The van der Waals surface area contributed by atoms with E-state index < -0.39 is 0 Å². The Morgan fingerprint density at radius 1 is 1.16 bits per heavy atom. The van der Waals surface area contributed by atoms with Crippen LogP contribution in [0.25, 0.3) is 11.2 Å². The summed E-state index contributed by atoms with van der Waals surface area (Å²) in [6.45, 7) is 3.53. The highest BCUT2D eigenvalue weighted by Crippen LogP contribution is 2.31. The van der Waals surface area contributed by atoms with Gasteiger partial charge in [-0.3, -0.25) is 13.9 Å². The van der Waals surface area contributed by atoms with Gasteiger partial charge in [-0.05, 0) is 30.7 Å². The van der Waals surface area contributed by atoms with Crippen LogP contribution in [0.15, 0.2) is 33.9 Å². The third-order valence-electron chi connectivity index (χ3n) is 4.59. The third kappa shape index (κ3) is 2.20. The van der Waals surface area contributed by atoms with Crippen molar-refractivity contribution in [1.29, 1.82) is 0 Å². The van der Waals surface area contributed by atoms with Crippen LogP contribution in [0.1, 0.15) is 13.3 Å². The number of hydrogen-bond donors (Lipinski definition) is 0. The lowest BCUT2D eigenvalue weighted by Crippen LogP contribution is -2.39. The van der Waals surface area contributed by atoms with E-state index in [4.69, 9.17) is 0 Å². The van der Waals surface area contributed by atoms with Crippen molar-refractivity contribution >= 4 is 22.8 Å². The molecule has 0 spiro atoms. The molecule has 0 atom stereocenters. The maximum atomic E-state index is 13.2. The van der Waals surface area contributed by atoms with E-state index in [1.54, 1.807) is 19.2 Å². The van der Waals surface area contributed by atoms with Gasteiger partial charge >= 0.3 is 5.69 Å². The number of nitrogens with zero attached hydrogens (tertiary/aromatic N) is 5. The van der Waals surface area contributed by atoms with Gasteiger partial charge in [0.2, 0.25) is 5.95 Å². The summed E-state index contributed by atoms with van der Waals surface area (Å²) in [5.74, 6) is 0.296. The lowest BCUT2D eigenvalue weighted by Gasteiger charge is -2.15. The molecule has 1 aromatic carbocycles. The molecule has 0 radical (unpaired) electrons. The molecule has 0 saturated carbocycles. The second-order valence-electron chi connectivity index (χ2n) is 6.16. The molecule has 1 aliphatic heterocycles. The summed E-state index contributed by atoms with van der Waals surface area (Å²) in [6.07, 6.45) is 0.698. The lowest BCUT2D eigenvalue weighted by atomic mass is 10.3. The number of hydrogen-bond acceptors (Lipinski definition) is 4. The van der Waals surface area contributed by atoms with Crippen molar-refractivity contribution in [2.75, 3.05) is 11.4 Å². The summed E-state index contributed by atoms with van der Waals surface area (Å²) in [5, 5.41) is 0. The molecule has 3 aromatic rings. The molecule has 2 aromatic heterocycles. The third-order valence-corrected chi connectivity index (χ3v) is 4.59. The number of anilines is 2. The Labute approximate surface area is 142 Å². The molecular weight excluding hydrogens is 325 g/mol. The highest BCUT2D eigenvalue weighted by atomic mass is 19.1. The van der Waals surface area contributed by atoms with Crippen molar-refractivity contribution in [3.05, 3.63) is 50.9 Å². The highest BCUT2D eigenvalue weighted by molar-refractivity contribution is 5.77. The zero-order valence-corrected chi connectivity index (χ0v) is 14.1. The van der Waals surface area contributed by atoms with Crippen LogP contribution >= 0.6 is 0 Å². The molecule has 7 nitrogen and oxygen atoms in total. The second-order valence-corrected chi connectivity index (χ2v) is 6.16. The average Bonchev–Trinajstić information content (AvgIpc) is 3.17. The Kier molecular flexibility index (Phi) is 3.48. The summed E-state index contributed by atoms with van der Waals surface area (Å²) in [5.41, 5.74) is 0.956. The Morgan fingerprint density at radius 2 is 1.88 bits per heavy atom. The number of benzene rings is 1. The van der Waals surface area contributed by atoms with Gasteiger partial charge in [-0.1, -0.05) is 6.92 Å². The first-order valence-corrected chi connectivity index (χ1v) is 8.26. The predicted molar refractivity (Wildman–Crippen MR) is 92.9 cm³/mol. The van der Waals surface area contributed by atoms with E-state index in [9.17, 15) is 14.0 Å². The zero-order valence-electron chi connectivity index (χ0n) is 14.1. The molecule has 3 heterocycles. The fourth-order valence-electron chi connectivity index (χ4n) is 3.36. The number of aryl methyl sites for hydroxylation is 1. The molecule has 8 heteroatoms. The van der Waals surface area contributed by atoms with Gasteiger partial charge in [-0.25, -0.2) is 9.18 Å². The number of fused-ring (bicyclic) bond motifs is 3. The van der Waals surface area contributed by atoms with Crippen molar-refractivity contribution in [3.8, 4) is 0 Å².